The Hall–Kier alpha value is -2.03. The van der Waals surface area contributed by atoms with Crippen molar-refractivity contribution in [2.24, 2.45) is 0 Å². The highest BCUT2D eigenvalue weighted by Gasteiger charge is 2.48. The van der Waals surface area contributed by atoms with Gasteiger partial charge >= 0.3 is 0 Å². The van der Waals surface area contributed by atoms with Crippen LogP contribution in [0.25, 0.3) is 0 Å². The van der Waals surface area contributed by atoms with E-state index in [-0.39, 0.29) is 23.2 Å². The molecule has 0 aromatic heterocycles. The predicted octanol–water partition coefficient (Wildman–Crippen LogP) is 0.557. The van der Waals surface area contributed by atoms with Gasteiger partial charge in [-0.25, -0.2) is 0 Å². The molecule has 1 heterocycles. The van der Waals surface area contributed by atoms with Crippen molar-refractivity contribution in [3.63, 3.8) is 0 Å². The molecule has 6 N–H and O–H groups in total. The summed E-state index contributed by atoms with van der Waals surface area (Å²) in [5, 5.41) is 52.1. The highest BCUT2D eigenvalue weighted by molar-refractivity contribution is 6.06. The van der Waals surface area contributed by atoms with Gasteiger partial charge < -0.3 is 35.7 Å². The summed E-state index contributed by atoms with van der Waals surface area (Å²) in [4.78, 5) is 13.9. The summed E-state index contributed by atoms with van der Waals surface area (Å²) >= 11 is 0. The first-order chi connectivity index (χ1) is 11.3. The van der Waals surface area contributed by atoms with Crippen LogP contribution in [-0.4, -0.2) is 56.0 Å². The largest absolute Gasteiger partial charge is 0.504 e. The van der Waals surface area contributed by atoms with E-state index < -0.39 is 28.9 Å². The first-order valence-corrected chi connectivity index (χ1v) is 8.04. The highest BCUT2D eigenvalue weighted by atomic mass is 16.5. The SMILES string of the molecule is CCCN(CCC)CCc1c(O)c(O)c(O)c2c1C(O)(O)C(=O)N2. The molecule has 0 fully saturated rings. The first-order valence-electron chi connectivity index (χ1n) is 8.04. The number of carbonyl (C=O) groups is 1. The number of fused-ring (bicyclic) bond motifs is 1. The lowest BCUT2D eigenvalue weighted by atomic mass is 9.95. The average molecular weight is 340 g/mol. The van der Waals surface area contributed by atoms with Crippen LogP contribution in [0.2, 0.25) is 0 Å². The number of aliphatic hydroxyl groups is 2. The van der Waals surface area contributed by atoms with Gasteiger partial charge in [-0.05, 0) is 32.4 Å². The van der Waals surface area contributed by atoms with Crippen molar-refractivity contribution in [3.05, 3.63) is 11.1 Å². The van der Waals surface area contributed by atoms with Crippen molar-refractivity contribution in [3.8, 4) is 17.2 Å². The molecule has 0 saturated carbocycles. The fourth-order valence-corrected chi connectivity index (χ4v) is 3.06. The maximum absolute atomic E-state index is 11.7. The van der Waals surface area contributed by atoms with Crippen LogP contribution in [0.5, 0.6) is 17.2 Å². The normalized spacial score (nSPS) is 15.6. The molecule has 0 spiro atoms. The monoisotopic (exact) mass is 340 g/mol. The van der Waals surface area contributed by atoms with Gasteiger partial charge in [0.05, 0.1) is 11.3 Å². The van der Waals surface area contributed by atoms with Crippen LogP contribution < -0.4 is 5.32 Å². The third-order valence-electron chi connectivity index (χ3n) is 4.18. The quantitative estimate of drug-likeness (QED) is 0.243. The molecule has 8 heteroatoms. The van der Waals surface area contributed by atoms with E-state index in [1.54, 1.807) is 0 Å². The molecule has 1 aliphatic heterocycles. The molecular formula is C16H24N2O6. The van der Waals surface area contributed by atoms with Crippen LogP contribution >= 0.6 is 0 Å². The minimum absolute atomic E-state index is 0.0286. The lowest BCUT2D eigenvalue weighted by Crippen LogP contribution is -2.34. The summed E-state index contributed by atoms with van der Waals surface area (Å²) in [6.45, 7) is 6.25. The topological polar surface area (TPSA) is 133 Å². The fourth-order valence-electron chi connectivity index (χ4n) is 3.06. The third kappa shape index (κ3) is 3.00. The van der Waals surface area contributed by atoms with E-state index in [9.17, 15) is 30.3 Å². The molecular weight excluding hydrogens is 316 g/mol. The lowest BCUT2D eigenvalue weighted by molar-refractivity contribution is -0.181. The van der Waals surface area contributed by atoms with E-state index >= 15 is 0 Å². The molecule has 8 nitrogen and oxygen atoms in total. The standard InChI is InChI=1S/C16H24N2O6/c1-3-6-18(7-4-2)8-5-9-10-11(13(20)14(21)12(9)19)17-15(22)16(10,23)24/h19-21,23-24H,3-8H2,1-2H3,(H,17,22). The zero-order valence-electron chi connectivity index (χ0n) is 13.8. The Kier molecular flexibility index (Phi) is 5.22. The van der Waals surface area contributed by atoms with Crippen molar-refractivity contribution >= 4 is 11.6 Å². The summed E-state index contributed by atoms with van der Waals surface area (Å²) in [7, 11) is 0. The Balaban J connectivity index is 2.42. The number of benzene rings is 1. The van der Waals surface area contributed by atoms with Crippen molar-refractivity contribution in [2.75, 3.05) is 25.0 Å². The van der Waals surface area contributed by atoms with Crippen LogP contribution in [0, 0.1) is 0 Å². The molecule has 134 valence electrons. The van der Waals surface area contributed by atoms with Crippen molar-refractivity contribution in [2.45, 2.75) is 38.9 Å². The number of nitrogens with zero attached hydrogens (tertiary/aromatic N) is 1. The van der Waals surface area contributed by atoms with Crippen LogP contribution in [0.3, 0.4) is 0 Å². The number of phenolic OH excluding ortho intramolecular Hbond substituents is 3. The van der Waals surface area contributed by atoms with E-state index in [1.165, 1.54) is 0 Å². The van der Waals surface area contributed by atoms with E-state index in [0.29, 0.717) is 6.54 Å². The van der Waals surface area contributed by atoms with E-state index in [4.69, 9.17) is 0 Å². The fraction of sp³-hybridized carbons (Fsp3) is 0.562. The van der Waals surface area contributed by atoms with Gasteiger partial charge in [-0.2, -0.15) is 0 Å². The van der Waals surface area contributed by atoms with Gasteiger partial charge in [-0.3, -0.25) is 4.79 Å². The molecule has 1 amide bonds. The number of rotatable bonds is 7. The van der Waals surface area contributed by atoms with Gasteiger partial charge in [-0.15, -0.1) is 0 Å². The Morgan fingerprint density at radius 1 is 0.958 bits per heavy atom. The van der Waals surface area contributed by atoms with Gasteiger partial charge in [0.2, 0.25) is 5.75 Å². The Morgan fingerprint density at radius 2 is 1.54 bits per heavy atom. The number of anilines is 1. The van der Waals surface area contributed by atoms with Crippen LogP contribution in [0.1, 0.15) is 37.8 Å². The number of aromatic hydroxyl groups is 3. The summed E-state index contributed by atoms with van der Waals surface area (Å²) in [5.74, 6) is -6.24. The van der Waals surface area contributed by atoms with Gasteiger partial charge in [0, 0.05) is 12.1 Å². The second-order valence-electron chi connectivity index (χ2n) is 5.99. The maximum atomic E-state index is 11.7. The molecule has 0 unspecified atom stereocenters. The van der Waals surface area contributed by atoms with E-state index in [2.05, 4.69) is 10.2 Å². The molecule has 1 aliphatic rings. The van der Waals surface area contributed by atoms with Crippen molar-refractivity contribution in [1.82, 2.24) is 4.90 Å². The number of carbonyl (C=O) groups excluding carboxylic acids is 1. The van der Waals surface area contributed by atoms with Crippen molar-refractivity contribution in [1.29, 1.82) is 0 Å². The first kappa shape index (κ1) is 18.3. The maximum Gasteiger partial charge on any atom is 0.289 e. The minimum Gasteiger partial charge on any atom is -0.504 e. The molecule has 0 radical (unpaired) electrons. The zero-order chi connectivity index (χ0) is 18.1. The number of phenols is 3. The van der Waals surface area contributed by atoms with Gasteiger partial charge in [0.1, 0.15) is 0 Å². The smallest absolute Gasteiger partial charge is 0.289 e. The number of amides is 1. The molecule has 24 heavy (non-hydrogen) atoms. The minimum atomic E-state index is -2.87. The number of nitrogens with one attached hydrogen (secondary N) is 1. The summed E-state index contributed by atoms with van der Waals surface area (Å²) in [6, 6.07) is 0. The Bertz CT molecular complexity index is 638. The number of hydrogen-bond acceptors (Lipinski definition) is 7. The van der Waals surface area contributed by atoms with Crippen molar-refractivity contribution < 1.29 is 30.3 Å². The van der Waals surface area contributed by atoms with Crippen LogP contribution in [0.15, 0.2) is 0 Å². The van der Waals surface area contributed by atoms with Crippen LogP contribution in [-0.2, 0) is 17.0 Å². The predicted molar refractivity (Wildman–Crippen MR) is 86.9 cm³/mol. The van der Waals surface area contributed by atoms with E-state index in [0.717, 1.165) is 25.9 Å². The zero-order valence-corrected chi connectivity index (χ0v) is 13.8. The van der Waals surface area contributed by atoms with E-state index in [1.807, 2.05) is 13.8 Å². The molecule has 0 saturated heterocycles. The van der Waals surface area contributed by atoms with Crippen LogP contribution in [0.4, 0.5) is 5.69 Å². The summed E-state index contributed by atoms with van der Waals surface area (Å²) in [5.41, 5.74) is -0.568. The molecule has 0 aliphatic carbocycles. The highest BCUT2D eigenvalue weighted by Crippen LogP contribution is 2.52. The van der Waals surface area contributed by atoms with Gasteiger partial charge in [-0.1, -0.05) is 13.8 Å². The molecule has 2 rings (SSSR count). The second-order valence-corrected chi connectivity index (χ2v) is 5.99. The Morgan fingerprint density at radius 3 is 2.08 bits per heavy atom. The third-order valence-corrected chi connectivity index (χ3v) is 4.18. The molecule has 0 atom stereocenters. The number of hydrogen-bond donors (Lipinski definition) is 6. The molecule has 0 bridgehead atoms. The summed E-state index contributed by atoms with van der Waals surface area (Å²) < 4.78 is 0. The molecule has 1 aromatic carbocycles. The molecule has 1 aromatic rings. The Labute approximate surface area is 140 Å². The van der Waals surface area contributed by atoms with Gasteiger partial charge in [0.25, 0.3) is 11.7 Å². The second kappa shape index (κ2) is 6.84. The summed E-state index contributed by atoms with van der Waals surface area (Å²) in [6.07, 6.45) is 2.06. The average Bonchev–Trinajstić information content (AvgIpc) is 2.76. The lowest BCUT2D eigenvalue weighted by Gasteiger charge is -2.23. The van der Waals surface area contributed by atoms with Gasteiger partial charge in [0.15, 0.2) is 11.5 Å².